The Morgan fingerprint density at radius 1 is 1.54 bits per heavy atom. The lowest BCUT2D eigenvalue weighted by Gasteiger charge is -2.26. The molecule has 1 aromatic heterocycles. The second-order valence-electron chi connectivity index (χ2n) is 3.14. The SMILES string of the molecule is Clc1ccc(CCNC2COC2)s1. The molecule has 13 heavy (non-hydrogen) atoms. The van der Waals surface area contributed by atoms with Crippen molar-refractivity contribution in [1.29, 1.82) is 0 Å². The van der Waals surface area contributed by atoms with Crippen molar-refractivity contribution in [1.82, 2.24) is 5.32 Å². The van der Waals surface area contributed by atoms with Crippen LogP contribution in [0.4, 0.5) is 0 Å². The Morgan fingerprint density at radius 2 is 2.38 bits per heavy atom. The summed E-state index contributed by atoms with van der Waals surface area (Å²) in [6.45, 7) is 2.75. The second kappa shape index (κ2) is 4.42. The maximum atomic E-state index is 5.82. The fraction of sp³-hybridized carbons (Fsp3) is 0.556. The molecule has 2 rings (SSSR count). The monoisotopic (exact) mass is 217 g/mol. The van der Waals surface area contributed by atoms with E-state index in [9.17, 15) is 0 Å². The third-order valence-electron chi connectivity index (χ3n) is 2.07. The zero-order valence-corrected chi connectivity index (χ0v) is 8.83. The largest absolute Gasteiger partial charge is 0.378 e. The second-order valence-corrected chi connectivity index (χ2v) is 4.94. The minimum Gasteiger partial charge on any atom is -0.378 e. The molecule has 1 aliphatic heterocycles. The highest BCUT2D eigenvalue weighted by Crippen LogP contribution is 2.21. The highest BCUT2D eigenvalue weighted by molar-refractivity contribution is 7.16. The van der Waals surface area contributed by atoms with Gasteiger partial charge in [-0.25, -0.2) is 0 Å². The first-order valence-electron chi connectivity index (χ1n) is 4.40. The van der Waals surface area contributed by atoms with E-state index in [1.165, 1.54) is 4.88 Å². The van der Waals surface area contributed by atoms with Gasteiger partial charge in [0.05, 0.1) is 23.6 Å². The molecule has 1 aliphatic rings. The summed E-state index contributed by atoms with van der Waals surface area (Å²) >= 11 is 7.48. The predicted molar refractivity (Wildman–Crippen MR) is 55.6 cm³/mol. The van der Waals surface area contributed by atoms with E-state index in [0.29, 0.717) is 6.04 Å². The van der Waals surface area contributed by atoms with E-state index in [2.05, 4.69) is 11.4 Å². The third kappa shape index (κ3) is 2.68. The van der Waals surface area contributed by atoms with E-state index in [4.69, 9.17) is 16.3 Å². The lowest BCUT2D eigenvalue weighted by molar-refractivity contribution is -0.00465. The van der Waals surface area contributed by atoms with Crippen LogP contribution in [0.2, 0.25) is 4.34 Å². The van der Waals surface area contributed by atoms with Crippen LogP contribution < -0.4 is 5.32 Å². The molecular weight excluding hydrogens is 206 g/mol. The Kier molecular flexibility index (Phi) is 3.22. The fourth-order valence-electron chi connectivity index (χ4n) is 1.24. The molecule has 1 N–H and O–H groups in total. The van der Waals surface area contributed by atoms with Gasteiger partial charge in [0.25, 0.3) is 0 Å². The molecule has 2 heterocycles. The van der Waals surface area contributed by atoms with Crippen LogP contribution in [0.5, 0.6) is 0 Å². The topological polar surface area (TPSA) is 21.3 Å². The van der Waals surface area contributed by atoms with Crippen LogP contribution >= 0.6 is 22.9 Å². The van der Waals surface area contributed by atoms with Crippen LogP contribution in [-0.4, -0.2) is 25.8 Å². The summed E-state index contributed by atoms with van der Waals surface area (Å²) in [6, 6.07) is 4.62. The average molecular weight is 218 g/mol. The van der Waals surface area contributed by atoms with Crippen molar-refractivity contribution < 1.29 is 4.74 Å². The molecule has 1 aromatic rings. The number of nitrogens with one attached hydrogen (secondary N) is 1. The molecule has 2 nitrogen and oxygen atoms in total. The van der Waals surface area contributed by atoms with E-state index in [-0.39, 0.29) is 0 Å². The Morgan fingerprint density at radius 3 is 2.92 bits per heavy atom. The molecule has 0 unspecified atom stereocenters. The maximum absolute atomic E-state index is 5.82. The zero-order valence-electron chi connectivity index (χ0n) is 7.25. The summed E-state index contributed by atoms with van der Waals surface area (Å²) in [4.78, 5) is 1.35. The van der Waals surface area contributed by atoms with Gasteiger partial charge < -0.3 is 10.1 Å². The number of halogens is 1. The molecule has 72 valence electrons. The molecule has 0 spiro atoms. The van der Waals surface area contributed by atoms with Crippen LogP contribution in [-0.2, 0) is 11.2 Å². The molecule has 4 heteroatoms. The normalized spacial score (nSPS) is 17.3. The molecular formula is C9H12ClNOS. The Bertz CT molecular complexity index is 272. The molecule has 0 aromatic carbocycles. The van der Waals surface area contributed by atoms with Gasteiger partial charge in [0.15, 0.2) is 0 Å². The van der Waals surface area contributed by atoms with Crippen LogP contribution in [0.15, 0.2) is 12.1 Å². The number of hydrogen-bond acceptors (Lipinski definition) is 3. The summed E-state index contributed by atoms with van der Waals surface area (Å²) in [5.74, 6) is 0. The quantitative estimate of drug-likeness (QED) is 0.833. The lowest BCUT2D eigenvalue weighted by atomic mass is 10.2. The summed E-state index contributed by atoms with van der Waals surface area (Å²) < 4.78 is 5.94. The predicted octanol–water partition coefficient (Wildman–Crippen LogP) is 1.93. The van der Waals surface area contributed by atoms with Crippen LogP contribution in [0.25, 0.3) is 0 Å². The Hall–Kier alpha value is -0.0900. The summed E-state index contributed by atoms with van der Waals surface area (Å²) in [5.41, 5.74) is 0. The van der Waals surface area contributed by atoms with Crippen molar-refractivity contribution in [3.8, 4) is 0 Å². The van der Waals surface area contributed by atoms with Crippen molar-refractivity contribution in [3.63, 3.8) is 0 Å². The first-order valence-corrected chi connectivity index (χ1v) is 5.59. The Balaban J connectivity index is 1.67. The van der Waals surface area contributed by atoms with Crippen LogP contribution in [0.3, 0.4) is 0 Å². The van der Waals surface area contributed by atoms with Gasteiger partial charge in [0.1, 0.15) is 0 Å². The first kappa shape index (κ1) is 9.46. The van der Waals surface area contributed by atoms with Crippen molar-refractivity contribution in [2.45, 2.75) is 12.5 Å². The van der Waals surface area contributed by atoms with Crippen molar-refractivity contribution in [2.75, 3.05) is 19.8 Å². The van der Waals surface area contributed by atoms with Gasteiger partial charge in [-0.3, -0.25) is 0 Å². The third-order valence-corrected chi connectivity index (χ3v) is 3.36. The minimum absolute atomic E-state index is 0.579. The van der Waals surface area contributed by atoms with Gasteiger partial charge in [0, 0.05) is 11.4 Å². The molecule has 1 saturated heterocycles. The number of rotatable bonds is 4. The van der Waals surface area contributed by atoms with E-state index >= 15 is 0 Å². The molecule has 0 aliphatic carbocycles. The van der Waals surface area contributed by atoms with E-state index in [0.717, 1.165) is 30.5 Å². The number of thiophene rings is 1. The highest BCUT2D eigenvalue weighted by Gasteiger charge is 2.16. The number of hydrogen-bond donors (Lipinski definition) is 1. The minimum atomic E-state index is 0.579. The highest BCUT2D eigenvalue weighted by atomic mass is 35.5. The van der Waals surface area contributed by atoms with Crippen molar-refractivity contribution in [3.05, 3.63) is 21.3 Å². The first-order chi connectivity index (χ1) is 6.34. The summed E-state index contributed by atoms with van der Waals surface area (Å²) in [7, 11) is 0. The van der Waals surface area contributed by atoms with Gasteiger partial charge in [-0.1, -0.05) is 11.6 Å². The van der Waals surface area contributed by atoms with Crippen LogP contribution in [0.1, 0.15) is 4.88 Å². The van der Waals surface area contributed by atoms with Crippen molar-refractivity contribution in [2.24, 2.45) is 0 Å². The van der Waals surface area contributed by atoms with Gasteiger partial charge in [-0.05, 0) is 18.6 Å². The fourth-order valence-corrected chi connectivity index (χ4v) is 2.33. The molecule has 0 atom stereocenters. The maximum Gasteiger partial charge on any atom is 0.0931 e. The number of ether oxygens (including phenoxy) is 1. The Labute approximate surface area is 86.9 Å². The average Bonchev–Trinajstić information content (AvgIpc) is 2.42. The van der Waals surface area contributed by atoms with Gasteiger partial charge in [-0.15, -0.1) is 11.3 Å². The van der Waals surface area contributed by atoms with E-state index in [1.807, 2.05) is 6.07 Å². The molecule has 0 amide bonds. The van der Waals surface area contributed by atoms with Gasteiger partial charge >= 0.3 is 0 Å². The van der Waals surface area contributed by atoms with Crippen LogP contribution in [0, 0.1) is 0 Å². The molecule has 0 bridgehead atoms. The lowest BCUT2D eigenvalue weighted by Crippen LogP contribution is -2.46. The van der Waals surface area contributed by atoms with Gasteiger partial charge in [-0.2, -0.15) is 0 Å². The molecule has 0 radical (unpaired) electrons. The van der Waals surface area contributed by atoms with E-state index in [1.54, 1.807) is 11.3 Å². The zero-order chi connectivity index (χ0) is 9.10. The standard InChI is InChI=1S/C9H12ClNOS/c10-9-2-1-8(13-9)3-4-11-7-5-12-6-7/h1-2,7,11H,3-6H2. The van der Waals surface area contributed by atoms with Gasteiger partial charge in [0.2, 0.25) is 0 Å². The molecule has 1 fully saturated rings. The smallest absolute Gasteiger partial charge is 0.0931 e. The summed E-state index contributed by atoms with van der Waals surface area (Å²) in [5, 5.41) is 3.42. The van der Waals surface area contributed by atoms with E-state index < -0.39 is 0 Å². The molecule has 0 saturated carbocycles. The van der Waals surface area contributed by atoms with Crippen molar-refractivity contribution >= 4 is 22.9 Å². The summed E-state index contributed by atoms with van der Waals surface area (Å²) in [6.07, 6.45) is 1.06.